The van der Waals surface area contributed by atoms with Crippen molar-refractivity contribution in [3.63, 3.8) is 0 Å². The van der Waals surface area contributed by atoms with Crippen LogP contribution in [-0.4, -0.2) is 24.6 Å². The quantitative estimate of drug-likeness (QED) is 0.893. The highest BCUT2D eigenvalue weighted by molar-refractivity contribution is 5.44. The van der Waals surface area contributed by atoms with Crippen LogP contribution in [0.3, 0.4) is 0 Å². The minimum absolute atomic E-state index is 0.478. The number of pyridine rings is 1. The largest absolute Gasteiger partial charge is 0.356 e. The van der Waals surface area contributed by atoms with E-state index in [4.69, 9.17) is 4.98 Å². The van der Waals surface area contributed by atoms with Crippen molar-refractivity contribution < 1.29 is 0 Å². The van der Waals surface area contributed by atoms with E-state index in [0.29, 0.717) is 5.92 Å². The van der Waals surface area contributed by atoms with Gasteiger partial charge >= 0.3 is 0 Å². The maximum absolute atomic E-state index is 4.92. The lowest BCUT2D eigenvalue weighted by molar-refractivity contribution is 0.322. The number of aromatic nitrogens is 1. The highest BCUT2D eigenvalue weighted by atomic mass is 15.2. The van der Waals surface area contributed by atoms with Gasteiger partial charge in [0.1, 0.15) is 5.82 Å². The van der Waals surface area contributed by atoms with Gasteiger partial charge in [-0.2, -0.15) is 0 Å². The first kappa shape index (κ1) is 16.3. The molecule has 0 radical (unpaired) electrons. The summed E-state index contributed by atoms with van der Waals surface area (Å²) in [5.74, 6) is 3.23. The molecule has 118 valence electrons. The van der Waals surface area contributed by atoms with Gasteiger partial charge in [0.2, 0.25) is 0 Å². The number of anilines is 1. The Labute approximate surface area is 130 Å². The Hall–Kier alpha value is -1.09. The first-order chi connectivity index (χ1) is 10.0. The first-order valence-corrected chi connectivity index (χ1v) is 8.47. The third-order valence-corrected chi connectivity index (χ3v) is 4.72. The summed E-state index contributed by atoms with van der Waals surface area (Å²) in [6.45, 7) is 15.6. The van der Waals surface area contributed by atoms with E-state index in [1.807, 2.05) is 0 Å². The summed E-state index contributed by atoms with van der Waals surface area (Å²) in [6, 6.07) is 4.53. The zero-order chi connectivity index (χ0) is 15.4. The molecule has 1 aliphatic rings. The Morgan fingerprint density at radius 3 is 2.67 bits per heavy atom. The average molecular weight is 289 g/mol. The minimum Gasteiger partial charge on any atom is -0.356 e. The molecule has 1 aliphatic heterocycles. The zero-order valence-electron chi connectivity index (χ0n) is 14.3. The summed E-state index contributed by atoms with van der Waals surface area (Å²) in [6.07, 6.45) is 1.28. The second-order valence-electron chi connectivity index (χ2n) is 6.88. The van der Waals surface area contributed by atoms with Crippen molar-refractivity contribution in [1.29, 1.82) is 0 Å². The molecule has 21 heavy (non-hydrogen) atoms. The van der Waals surface area contributed by atoms with Crippen molar-refractivity contribution in [3.8, 4) is 0 Å². The molecule has 3 heteroatoms. The fraction of sp³-hybridized carbons (Fsp3) is 0.722. The minimum atomic E-state index is 0.478. The fourth-order valence-corrected chi connectivity index (χ4v) is 2.89. The summed E-state index contributed by atoms with van der Waals surface area (Å²) in [7, 11) is 0. The summed E-state index contributed by atoms with van der Waals surface area (Å²) in [4.78, 5) is 7.40. The van der Waals surface area contributed by atoms with Gasteiger partial charge in [0.25, 0.3) is 0 Å². The molecular formula is C18H31N3. The summed E-state index contributed by atoms with van der Waals surface area (Å²) in [5, 5.41) is 3.43. The molecule has 0 saturated carbocycles. The van der Waals surface area contributed by atoms with Gasteiger partial charge in [-0.05, 0) is 48.4 Å². The third-order valence-electron chi connectivity index (χ3n) is 4.72. The molecule has 0 aromatic carbocycles. The van der Waals surface area contributed by atoms with E-state index in [2.05, 4.69) is 57.0 Å². The predicted octanol–water partition coefficient (Wildman–Crippen LogP) is 3.80. The van der Waals surface area contributed by atoms with Crippen molar-refractivity contribution in [3.05, 3.63) is 23.4 Å². The van der Waals surface area contributed by atoms with Crippen LogP contribution in [0.5, 0.6) is 0 Å². The molecule has 1 aromatic heterocycles. The van der Waals surface area contributed by atoms with Crippen LogP contribution in [0.1, 0.15) is 58.2 Å². The lowest BCUT2D eigenvalue weighted by Crippen LogP contribution is -2.39. The number of piperidine rings is 1. The molecule has 1 saturated heterocycles. The third kappa shape index (κ3) is 4.19. The van der Waals surface area contributed by atoms with Crippen molar-refractivity contribution >= 4 is 5.82 Å². The molecule has 2 heterocycles. The van der Waals surface area contributed by atoms with Gasteiger partial charge in [-0.15, -0.1) is 0 Å². The number of rotatable bonds is 5. The lowest BCUT2D eigenvalue weighted by Gasteiger charge is -2.36. The monoisotopic (exact) mass is 289 g/mol. The van der Waals surface area contributed by atoms with Crippen molar-refractivity contribution in [2.24, 2.45) is 11.8 Å². The molecule has 0 aliphatic carbocycles. The molecule has 1 N–H and O–H groups in total. The normalized spacial score (nSPS) is 22.9. The van der Waals surface area contributed by atoms with Gasteiger partial charge in [-0.25, -0.2) is 4.98 Å². The highest BCUT2D eigenvalue weighted by Crippen LogP contribution is 2.27. The summed E-state index contributed by atoms with van der Waals surface area (Å²) >= 11 is 0. The van der Waals surface area contributed by atoms with Crippen LogP contribution >= 0.6 is 0 Å². The Kier molecular flexibility index (Phi) is 5.63. The number of nitrogens with one attached hydrogen (secondary N) is 1. The molecule has 0 bridgehead atoms. The Morgan fingerprint density at radius 1 is 1.29 bits per heavy atom. The van der Waals surface area contributed by atoms with Crippen molar-refractivity contribution in [2.75, 3.05) is 24.5 Å². The average Bonchev–Trinajstić information content (AvgIpc) is 2.47. The predicted molar refractivity (Wildman–Crippen MR) is 90.9 cm³/mol. The van der Waals surface area contributed by atoms with Crippen LogP contribution in [0.2, 0.25) is 0 Å². The van der Waals surface area contributed by atoms with E-state index < -0.39 is 0 Å². The van der Waals surface area contributed by atoms with Gasteiger partial charge < -0.3 is 10.2 Å². The van der Waals surface area contributed by atoms with Gasteiger partial charge in [0, 0.05) is 25.3 Å². The molecule has 0 spiro atoms. The van der Waals surface area contributed by atoms with Gasteiger partial charge in [0.15, 0.2) is 0 Å². The van der Waals surface area contributed by atoms with Crippen LogP contribution in [0.15, 0.2) is 12.1 Å². The zero-order valence-corrected chi connectivity index (χ0v) is 14.3. The SMILES string of the molecule is CCNCc1cc(C(C)C)nc(N2CCC(C)C(C)C2)c1. The summed E-state index contributed by atoms with van der Waals surface area (Å²) in [5.41, 5.74) is 2.57. The number of nitrogens with zero attached hydrogens (tertiary/aromatic N) is 2. The summed E-state index contributed by atoms with van der Waals surface area (Å²) < 4.78 is 0. The molecule has 1 aromatic rings. The Bertz CT molecular complexity index is 456. The van der Waals surface area contributed by atoms with Gasteiger partial charge in [-0.1, -0.05) is 34.6 Å². The van der Waals surface area contributed by atoms with E-state index in [1.165, 1.54) is 23.5 Å². The molecule has 3 nitrogen and oxygen atoms in total. The van der Waals surface area contributed by atoms with E-state index in [-0.39, 0.29) is 0 Å². The number of hydrogen-bond acceptors (Lipinski definition) is 3. The fourth-order valence-electron chi connectivity index (χ4n) is 2.89. The van der Waals surface area contributed by atoms with Crippen LogP contribution < -0.4 is 10.2 Å². The standard InChI is InChI=1S/C18H31N3/c1-6-19-11-16-9-17(13(2)3)20-18(10-16)21-8-7-14(4)15(5)12-21/h9-10,13-15,19H,6-8,11-12H2,1-5H3. The van der Waals surface area contributed by atoms with E-state index in [9.17, 15) is 0 Å². The highest BCUT2D eigenvalue weighted by Gasteiger charge is 2.24. The van der Waals surface area contributed by atoms with Crippen LogP contribution in [0.4, 0.5) is 5.82 Å². The van der Waals surface area contributed by atoms with E-state index >= 15 is 0 Å². The maximum atomic E-state index is 4.92. The van der Waals surface area contributed by atoms with Crippen LogP contribution in [0.25, 0.3) is 0 Å². The molecule has 2 rings (SSSR count). The molecule has 2 unspecified atom stereocenters. The van der Waals surface area contributed by atoms with Gasteiger partial charge in [0.05, 0.1) is 0 Å². The van der Waals surface area contributed by atoms with E-state index in [1.54, 1.807) is 0 Å². The van der Waals surface area contributed by atoms with Crippen LogP contribution in [-0.2, 0) is 6.54 Å². The van der Waals surface area contributed by atoms with Crippen molar-refractivity contribution in [2.45, 2.75) is 53.5 Å². The van der Waals surface area contributed by atoms with Crippen LogP contribution in [0, 0.1) is 11.8 Å². The van der Waals surface area contributed by atoms with Gasteiger partial charge in [-0.3, -0.25) is 0 Å². The molecule has 0 amide bonds. The molecule has 1 fully saturated rings. The van der Waals surface area contributed by atoms with E-state index in [0.717, 1.165) is 38.0 Å². The van der Waals surface area contributed by atoms with Crippen molar-refractivity contribution in [1.82, 2.24) is 10.3 Å². The Balaban J connectivity index is 2.22. The topological polar surface area (TPSA) is 28.2 Å². The first-order valence-electron chi connectivity index (χ1n) is 8.47. The lowest BCUT2D eigenvalue weighted by atomic mass is 9.88. The smallest absolute Gasteiger partial charge is 0.129 e. The number of hydrogen-bond donors (Lipinski definition) is 1. The molecule has 2 atom stereocenters. The Morgan fingerprint density at radius 2 is 2.05 bits per heavy atom. The second kappa shape index (κ2) is 7.26. The maximum Gasteiger partial charge on any atom is 0.129 e. The second-order valence-corrected chi connectivity index (χ2v) is 6.88. The molecular weight excluding hydrogens is 258 g/mol.